The molecule has 5 heteroatoms. The van der Waals surface area contributed by atoms with E-state index in [4.69, 9.17) is 14.6 Å². The van der Waals surface area contributed by atoms with E-state index in [-0.39, 0.29) is 11.7 Å². The van der Waals surface area contributed by atoms with Gasteiger partial charge in [0.2, 0.25) is 0 Å². The van der Waals surface area contributed by atoms with Gasteiger partial charge in [0.05, 0.1) is 6.10 Å². The van der Waals surface area contributed by atoms with Crippen LogP contribution in [0.15, 0.2) is 23.3 Å². The monoisotopic (exact) mass is 268 g/mol. The molecular weight excluding hydrogens is 248 g/mol. The SMILES string of the molecule is CC=C(C)C(=O)OC(C=C(C)C(=O)O)C1CCCO1. The first-order valence-electron chi connectivity index (χ1n) is 6.33. The zero-order valence-corrected chi connectivity index (χ0v) is 11.5. The van der Waals surface area contributed by atoms with Crippen LogP contribution in [0.1, 0.15) is 33.6 Å². The summed E-state index contributed by atoms with van der Waals surface area (Å²) in [4.78, 5) is 22.6. The average molecular weight is 268 g/mol. The molecule has 1 aliphatic rings. The second kappa shape index (κ2) is 7.09. The third-order valence-electron chi connectivity index (χ3n) is 3.08. The third-order valence-corrected chi connectivity index (χ3v) is 3.08. The Balaban J connectivity index is 2.83. The highest BCUT2D eigenvalue weighted by Gasteiger charge is 2.28. The first kappa shape index (κ1) is 15.4. The van der Waals surface area contributed by atoms with Crippen LogP contribution in [0.3, 0.4) is 0 Å². The third kappa shape index (κ3) is 4.52. The van der Waals surface area contributed by atoms with E-state index in [0.717, 1.165) is 12.8 Å². The fourth-order valence-corrected chi connectivity index (χ4v) is 1.73. The van der Waals surface area contributed by atoms with Crippen LogP contribution in [-0.2, 0) is 19.1 Å². The number of allylic oxidation sites excluding steroid dienone is 1. The van der Waals surface area contributed by atoms with Gasteiger partial charge in [-0.2, -0.15) is 0 Å². The molecule has 2 unspecified atom stereocenters. The fourth-order valence-electron chi connectivity index (χ4n) is 1.73. The molecule has 1 aliphatic heterocycles. The van der Waals surface area contributed by atoms with Gasteiger partial charge in [-0.3, -0.25) is 0 Å². The highest BCUT2D eigenvalue weighted by molar-refractivity contribution is 5.88. The molecule has 0 spiro atoms. The lowest BCUT2D eigenvalue weighted by molar-refractivity contribution is -0.147. The first-order chi connectivity index (χ1) is 8.95. The quantitative estimate of drug-likeness (QED) is 0.610. The molecule has 0 aromatic carbocycles. The second-order valence-electron chi connectivity index (χ2n) is 4.55. The van der Waals surface area contributed by atoms with Crippen molar-refractivity contribution < 1.29 is 24.2 Å². The van der Waals surface area contributed by atoms with Gasteiger partial charge < -0.3 is 14.6 Å². The lowest BCUT2D eigenvalue weighted by Crippen LogP contribution is -2.30. The standard InChI is InChI=1S/C14H20O5/c1-4-9(2)14(17)19-12(8-10(3)13(15)16)11-6-5-7-18-11/h4,8,11-12H,5-7H2,1-3H3,(H,15,16). The molecule has 0 aliphatic carbocycles. The van der Waals surface area contributed by atoms with E-state index in [1.165, 1.54) is 13.0 Å². The van der Waals surface area contributed by atoms with Crippen LogP contribution in [0.4, 0.5) is 0 Å². The van der Waals surface area contributed by atoms with Gasteiger partial charge in [-0.05, 0) is 39.7 Å². The van der Waals surface area contributed by atoms with Crippen molar-refractivity contribution in [3.05, 3.63) is 23.3 Å². The number of carbonyl (C=O) groups excluding carboxylic acids is 1. The van der Waals surface area contributed by atoms with E-state index in [1.807, 2.05) is 0 Å². The van der Waals surface area contributed by atoms with Crippen molar-refractivity contribution in [2.45, 2.75) is 45.8 Å². The number of aliphatic carboxylic acids is 1. The van der Waals surface area contributed by atoms with Crippen molar-refractivity contribution in [3.8, 4) is 0 Å². The molecule has 1 saturated heterocycles. The van der Waals surface area contributed by atoms with E-state index in [2.05, 4.69) is 0 Å². The molecule has 106 valence electrons. The van der Waals surface area contributed by atoms with E-state index < -0.39 is 18.0 Å². The number of carboxylic acid groups (broad SMARTS) is 1. The van der Waals surface area contributed by atoms with Crippen molar-refractivity contribution in [1.82, 2.24) is 0 Å². The Kier molecular flexibility index (Phi) is 5.76. The molecule has 0 amide bonds. The van der Waals surface area contributed by atoms with Crippen molar-refractivity contribution in [2.24, 2.45) is 0 Å². The number of hydrogen-bond donors (Lipinski definition) is 1. The van der Waals surface area contributed by atoms with Crippen LogP contribution >= 0.6 is 0 Å². The van der Waals surface area contributed by atoms with E-state index >= 15 is 0 Å². The summed E-state index contributed by atoms with van der Waals surface area (Å²) in [6, 6.07) is 0. The highest BCUT2D eigenvalue weighted by atomic mass is 16.6. The van der Waals surface area contributed by atoms with Crippen LogP contribution in [0.5, 0.6) is 0 Å². The second-order valence-corrected chi connectivity index (χ2v) is 4.55. The molecule has 0 bridgehead atoms. The van der Waals surface area contributed by atoms with Crippen LogP contribution < -0.4 is 0 Å². The molecule has 5 nitrogen and oxygen atoms in total. The van der Waals surface area contributed by atoms with Crippen molar-refractivity contribution in [1.29, 1.82) is 0 Å². The zero-order chi connectivity index (χ0) is 14.4. The average Bonchev–Trinajstić information content (AvgIpc) is 2.90. The van der Waals surface area contributed by atoms with Gasteiger partial charge in [0.15, 0.2) is 0 Å². The van der Waals surface area contributed by atoms with Crippen LogP contribution in [0, 0.1) is 0 Å². The normalized spacial score (nSPS) is 22.2. The molecule has 19 heavy (non-hydrogen) atoms. The number of rotatable bonds is 5. The summed E-state index contributed by atoms with van der Waals surface area (Å²) in [6.07, 6.45) is 3.84. The van der Waals surface area contributed by atoms with Crippen molar-refractivity contribution in [2.75, 3.05) is 6.61 Å². The Morgan fingerprint density at radius 3 is 2.53 bits per heavy atom. The predicted octanol–water partition coefficient (Wildman–Crippen LogP) is 2.07. The number of carbonyl (C=O) groups is 2. The molecule has 0 aromatic heterocycles. The molecule has 0 radical (unpaired) electrons. The number of carboxylic acids is 1. The molecule has 2 atom stereocenters. The maximum absolute atomic E-state index is 11.8. The first-order valence-corrected chi connectivity index (χ1v) is 6.33. The van der Waals surface area contributed by atoms with Crippen molar-refractivity contribution >= 4 is 11.9 Å². The van der Waals surface area contributed by atoms with E-state index in [0.29, 0.717) is 12.2 Å². The Labute approximate surface area is 112 Å². The maximum Gasteiger partial charge on any atom is 0.334 e. The highest BCUT2D eigenvalue weighted by Crippen LogP contribution is 2.21. The Hall–Kier alpha value is -1.62. The minimum atomic E-state index is -1.03. The maximum atomic E-state index is 11.8. The largest absolute Gasteiger partial charge is 0.478 e. The van der Waals surface area contributed by atoms with Crippen molar-refractivity contribution in [3.63, 3.8) is 0 Å². The molecule has 1 heterocycles. The predicted molar refractivity (Wildman–Crippen MR) is 69.7 cm³/mol. The van der Waals surface area contributed by atoms with Gasteiger partial charge in [0.25, 0.3) is 0 Å². The lowest BCUT2D eigenvalue weighted by Gasteiger charge is -2.21. The van der Waals surface area contributed by atoms with Crippen LogP contribution in [0.25, 0.3) is 0 Å². The summed E-state index contributed by atoms with van der Waals surface area (Å²) in [7, 11) is 0. The molecule has 1 fully saturated rings. The van der Waals surface area contributed by atoms with Crippen LogP contribution in [-0.4, -0.2) is 35.9 Å². The number of ether oxygens (including phenoxy) is 2. The fraction of sp³-hybridized carbons (Fsp3) is 0.571. The van der Waals surface area contributed by atoms with Gasteiger partial charge in [0, 0.05) is 17.8 Å². The molecule has 1 rings (SSSR count). The summed E-state index contributed by atoms with van der Waals surface area (Å²) in [5.41, 5.74) is 0.635. The molecular formula is C14H20O5. The van der Waals surface area contributed by atoms with E-state index in [9.17, 15) is 9.59 Å². The summed E-state index contributed by atoms with van der Waals surface area (Å²) >= 11 is 0. The topological polar surface area (TPSA) is 72.8 Å². The van der Waals surface area contributed by atoms with Gasteiger partial charge in [-0.25, -0.2) is 9.59 Å². The molecule has 0 saturated carbocycles. The Morgan fingerprint density at radius 2 is 2.05 bits per heavy atom. The summed E-state index contributed by atoms with van der Waals surface area (Å²) in [6.45, 7) is 5.49. The Bertz CT molecular complexity index is 402. The minimum absolute atomic E-state index is 0.145. The summed E-state index contributed by atoms with van der Waals surface area (Å²) < 4.78 is 10.8. The van der Waals surface area contributed by atoms with Crippen LogP contribution in [0.2, 0.25) is 0 Å². The van der Waals surface area contributed by atoms with E-state index in [1.54, 1.807) is 19.9 Å². The smallest absolute Gasteiger partial charge is 0.334 e. The molecule has 0 aromatic rings. The summed E-state index contributed by atoms with van der Waals surface area (Å²) in [5.74, 6) is -1.47. The number of hydrogen-bond acceptors (Lipinski definition) is 4. The zero-order valence-electron chi connectivity index (χ0n) is 11.5. The molecule has 1 N–H and O–H groups in total. The number of esters is 1. The lowest BCUT2D eigenvalue weighted by atomic mass is 10.1. The van der Waals surface area contributed by atoms with Gasteiger partial charge in [0.1, 0.15) is 6.10 Å². The minimum Gasteiger partial charge on any atom is -0.478 e. The van der Waals surface area contributed by atoms with Gasteiger partial charge in [-0.1, -0.05) is 6.08 Å². The Morgan fingerprint density at radius 1 is 1.37 bits per heavy atom. The van der Waals surface area contributed by atoms with Gasteiger partial charge in [-0.15, -0.1) is 0 Å². The van der Waals surface area contributed by atoms with Gasteiger partial charge >= 0.3 is 11.9 Å². The summed E-state index contributed by atoms with van der Waals surface area (Å²) in [5, 5.41) is 8.90.